The summed E-state index contributed by atoms with van der Waals surface area (Å²) in [5.41, 5.74) is 7.11. The summed E-state index contributed by atoms with van der Waals surface area (Å²) in [4.78, 5) is 3.82. The highest BCUT2D eigenvalue weighted by Crippen LogP contribution is 2.12. The van der Waals surface area contributed by atoms with Crippen LogP contribution in [0.3, 0.4) is 0 Å². The van der Waals surface area contributed by atoms with Gasteiger partial charge in [-0.25, -0.2) is 0 Å². The molecule has 1 heterocycles. The molecule has 1 aromatic heterocycles. The van der Waals surface area contributed by atoms with Crippen LogP contribution in [0.4, 0.5) is 5.69 Å². The van der Waals surface area contributed by atoms with E-state index in [4.69, 9.17) is 18.6 Å². The van der Waals surface area contributed by atoms with Gasteiger partial charge in [-0.2, -0.15) is 0 Å². The van der Waals surface area contributed by atoms with Crippen molar-refractivity contribution in [3.8, 4) is 24.7 Å². The van der Waals surface area contributed by atoms with Crippen LogP contribution in [0.5, 0.6) is 0 Å². The Kier molecular flexibility index (Phi) is 1.81. The molecule has 0 aliphatic carbocycles. The van der Waals surface area contributed by atoms with E-state index in [1.807, 2.05) is 0 Å². The third-order valence-electron chi connectivity index (χ3n) is 1.30. The molecule has 2 heteroatoms. The van der Waals surface area contributed by atoms with Crippen molar-refractivity contribution in [1.82, 2.24) is 4.98 Å². The second kappa shape index (κ2) is 2.77. The number of aromatic nitrogens is 1. The second-order valence-electron chi connectivity index (χ2n) is 1.94. The maximum absolute atomic E-state index is 5.58. The minimum Gasteiger partial charge on any atom is -0.397 e. The zero-order chi connectivity index (χ0) is 8.27. The van der Waals surface area contributed by atoms with E-state index >= 15 is 0 Å². The number of nitrogens with zero attached hydrogens (tertiary/aromatic N) is 1. The third kappa shape index (κ3) is 1.15. The SMILES string of the molecule is C#Cc1cncc(C#C)c1N. The fourth-order valence-electron chi connectivity index (χ4n) is 0.701. The number of rotatable bonds is 0. The lowest BCUT2D eigenvalue weighted by molar-refractivity contribution is 1.30. The Morgan fingerprint density at radius 1 is 1.18 bits per heavy atom. The molecule has 11 heavy (non-hydrogen) atoms. The molecule has 0 aromatic carbocycles. The molecule has 0 aliphatic heterocycles. The van der Waals surface area contributed by atoms with Crippen LogP contribution in [-0.4, -0.2) is 4.98 Å². The number of pyridine rings is 1. The molecule has 0 unspecified atom stereocenters. The number of nitrogen functional groups attached to an aromatic ring is 1. The molecule has 0 amide bonds. The maximum atomic E-state index is 5.58. The lowest BCUT2D eigenvalue weighted by atomic mass is 10.1. The van der Waals surface area contributed by atoms with Crippen LogP contribution < -0.4 is 5.73 Å². The van der Waals surface area contributed by atoms with Crippen molar-refractivity contribution in [3.05, 3.63) is 23.5 Å². The van der Waals surface area contributed by atoms with Gasteiger partial charge in [-0.05, 0) is 0 Å². The summed E-state index contributed by atoms with van der Waals surface area (Å²) in [6, 6.07) is 0. The van der Waals surface area contributed by atoms with Gasteiger partial charge in [0.05, 0.1) is 16.8 Å². The van der Waals surface area contributed by atoms with E-state index in [0.717, 1.165) is 0 Å². The van der Waals surface area contributed by atoms with Gasteiger partial charge in [0.25, 0.3) is 0 Å². The van der Waals surface area contributed by atoms with Crippen LogP contribution in [0.2, 0.25) is 0 Å². The van der Waals surface area contributed by atoms with Gasteiger partial charge in [0.2, 0.25) is 0 Å². The van der Waals surface area contributed by atoms with Gasteiger partial charge in [0.1, 0.15) is 0 Å². The maximum Gasteiger partial charge on any atom is 0.0668 e. The highest BCUT2D eigenvalue weighted by Gasteiger charge is 1.99. The van der Waals surface area contributed by atoms with Gasteiger partial charge in [-0.1, -0.05) is 11.8 Å². The molecule has 0 atom stereocenters. The highest BCUT2D eigenvalue weighted by atomic mass is 14.7. The predicted octanol–water partition coefficient (Wildman–Crippen LogP) is 0.626. The Labute approximate surface area is 65.4 Å². The summed E-state index contributed by atoms with van der Waals surface area (Å²) >= 11 is 0. The first-order valence-electron chi connectivity index (χ1n) is 2.96. The molecule has 0 aliphatic rings. The summed E-state index contributed by atoms with van der Waals surface area (Å²) in [6.45, 7) is 0. The molecule has 2 nitrogen and oxygen atoms in total. The van der Waals surface area contributed by atoms with Crippen LogP contribution in [0.25, 0.3) is 0 Å². The van der Waals surface area contributed by atoms with Crippen molar-refractivity contribution >= 4 is 5.69 Å². The quantitative estimate of drug-likeness (QED) is 0.539. The van der Waals surface area contributed by atoms with Crippen LogP contribution in [0.1, 0.15) is 11.1 Å². The summed E-state index contributed by atoms with van der Waals surface area (Å²) in [5.74, 6) is 4.77. The molecule has 0 fully saturated rings. The lowest BCUT2D eigenvalue weighted by Crippen LogP contribution is -1.95. The van der Waals surface area contributed by atoms with E-state index in [2.05, 4.69) is 16.8 Å². The molecule has 0 spiro atoms. The second-order valence-corrected chi connectivity index (χ2v) is 1.94. The number of anilines is 1. The molecule has 1 rings (SSSR count). The minimum atomic E-state index is 0.449. The van der Waals surface area contributed by atoms with Crippen LogP contribution in [-0.2, 0) is 0 Å². The van der Waals surface area contributed by atoms with Crippen molar-refractivity contribution < 1.29 is 0 Å². The van der Waals surface area contributed by atoms with Crippen molar-refractivity contribution in [2.24, 2.45) is 0 Å². The summed E-state index contributed by atoms with van der Waals surface area (Å²) in [7, 11) is 0. The molecule has 0 bridgehead atoms. The van der Waals surface area contributed by atoms with Gasteiger partial charge in [-0.15, -0.1) is 12.8 Å². The van der Waals surface area contributed by atoms with Crippen molar-refractivity contribution in [2.75, 3.05) is 5.73 Å². The van der Waals surface area contributed by atoms with Gasteiger partial charge >= 0.3 is 0 Å². The smallest absolute Gasteiger partial charge is 0.0668 e. The zero-order valence-corrected chi connectivity index (χ0v) is 5.83. The number of hydrogen-bond acceptors (Lipinski definition) is 2. The van der Waals surface area contributed by atoms with Gasteiger partial charge in [0, 0.05) is 12.4 Å². The first kappa shape index (κ1) is 7.18. The fraction of sp³-hybridized carbons (Fsp3) is 0. The Bertz CT molecular complexity index is 321. The Balaban J connectivity index is 3.38. The van der Waals surface area contributed by atoms with Crippen LogP contribution >= 0.6 is 0 Å². The van der Waals surface area contributed by atoms with Gasteiger partial charge in [-0.3, -0.25) is 4.98 Å². The van der Waals surface area contributed by atoms with E-state index < -0.39 is 0 Å². The summed E-state index contributed by atoms with van der Waals surface area (Å²) in [6.07, 6.45) is 13.3. The minimum absolute atomic E-state index is 0.449. The standard InChI is InChI=1S/C9H6N2/c1-3-7-5-11-6-8(4-2)9(7)10/h1-2,5-6H,(H2,10,11). The Hall–Kier alpha value is -1.93. The van der Waals surface area contributed by atoms with E-state index in [-0.39, 0.29) is 0 Å². The molecule has 2 N–H and O–H groups in total. The molecular formula is C9H6N2. The lowest BCUT2D eigenvalue weighted by Gasteiger charge is -1.98. The van der Waals surface area contributed by atoms with E-state index in [0.29, 0.717) is 16.8 Å². The Morgan fingerprint density at radius 2 is 1.64 bits per heavy atom. The van der Waals surface area contributed by atoms with Crippen LogP contribution in [0, 0.1) is 24.7 Å². The van der Waals surface area contributed by atoms with Crippen molar-refractivity contribution in [2.45, 2.75) is 0 Å². The summed E-state index contributed by atoms with van der Waals surface area (Å²) < 4.78 is 0. The van der Waals surface area contributed by atoms with Gasteiger partial charge < -0.3 is 5.73 Å². The summed E-state index contributed by atoms with van der Waals surface area (Å²) in [5, 5.41) is 0. The highest BCUT2D eigenvalue weighted by molar-refractivity contribution is 5.63. The molecular weight excluding hydrogens is 136 g/mol. The van der Waals surface area contributed by atoms with Gasteiger partial charge in [0.15, 0.2) is 0 Å². The average molecular weight is 142 g/mol. The van der Waals surface area contributed by atoms with Crippen LogP contribution in [0.15, 0.2) is 12.4 Å². The molecule has 1 aromatic rings. The monoisotopic (exact) mass is 142 g/mol. The molecule has 0 saturated carbocycles. The Morgan fingerprint density at radius 3 is 2.00 bits per heavy atom. The number of terminal acetylenes is 2. The first-order chi connectivity index (χ1) is 5.29. The fourth-order valence-corrected chi connectivity index (χ4v) is 0.701. The molecule has 0 saturated heterocycles. The zero-order valence-electron chi connectivity index (χ0n) is 5.83. The molecule has 0 radical (unpaired) electrons. The van der Waals surface area contributed by atoms with Crippen molar-refractivity contribution in [3.63, 3.8) is 0 Å². The molecule has 52 valence electrons. The number of hydrogen-bond donors (Lipinski definition) is 1. The van der Waals surface area contributed by atoms with E-state index in [9.17, 15) is 0 Å². The largest absolute Gasteiger partial charge is 0.397 e. The van der Waals surface area contributed by atoms with Crippen molar-refractivity contribution in [1.29, 1.82) is 0 Å². The number of nitrogens with two attached hydrogens (primary N) is 1. The first-order valence-corrected chi connectivity index (χ1v) is 2.96. The van der Waals surface area contributed by atoms with E-state index in [1.165, 1.54) is 12.4 Å². The third-order valence-corrected chi connectivity index (χ3v) is 1.30. The topological polar surface area (TPSA) is 38.9 Å². The predicted molar refractivity (Wildman–Crippen MR) is 44.5 cm³/mol. The average Bonchev–Trinajstić information content (AvgIpc) is 2.05. The normalized spacial score (nSPS) is 8.18. The van der Waals surface area contributed by atoms with E-state index in [1.54, 1.807) is 0 Å².